The minimum Gasteiger partial charge on any atom is -0.353 e. The Kier molecular flexibility index (Phi) is 4.20. The van der Waals surface area contributed by atoms with Gasteiger partial charge in [-0.15, -0.1) is 0 Å². The molecule has 2 fully saturated rings. The first-order chi connectivity index (χ1) is 10.2. The number of benzene rings is 1. The molecule has 1 aromatic rings. The van der Waals surface area contributed by atoms with Gasteiger partial charge < -0.3 is 10.2 Å². The van der Waals surface area contributed by atoms with Gasteiger partial charge in [0.2, 0.25) is 11.8 Å². The molecule has 1 aromatic carbocycles. The first kappa shape index (κ1) is 14.1. The molecular formula is C16H21N3O2. The number of anilines is 1. The lowest BCUT2D eigenvalue weighted by molar-refractivity contribution is -0.146. The predicted octanol–water partition coefficient (Wildman–Crippen LogP) is 0.861. The van der Waals surface area contributed by atoms with Gasteiger partial charge in [-0.05, 0) is 44.0 Å². The Morgan fingerprint density at radius 1 is 1.10 bits per heavy atom. The molecule has 0 radical (unpaired) electrons. The molecule has 0 bridgehead atoms. The lowest BCUT2D eigenvalue weighted by Gasteiger charge is -2.36. The number of piperidine rings is 1. The number of imide groups is 1. The zero-order chi connectivity index (χ0) is 14.7. The molecule has 2 amide bonds. The molecule has 1 atom stereocenters. The maximum absolute atomic E-state index is 12.3. The van der Waals surface area contributed by atoms with E-state index in [1.165, 1.54) is 4.90 Å². The average molecular weight is 287 g/mol. The third-order valence-corrected chi connectivity index (χ3v) is 4.22. The smallest absolute Gasteiger partial charge is 0.248 e. The molecule has 0 aromatic heterocycles. The Morgan fingerprint density at radius 2 is 1.81 bits per heavy atom. The molecule has 0 aliphatic carbocycles. The number of carbonyl (C=O) groups is 2. The van der Waals surface area contributed by atoms with E-state index in [-0.39, 0.29) is 24.9 Å². The Labute approximate surface area is 124 Å². The van der Waals surface area contributed by atoms with Gasteiger partial charge in [-0.25, -0.2) is 0 Å². The summed E-state index contributed by atoms with van der Waals surface area (Å²) in [7, 11) is 0. The zero-order valence-corrected chi connectivity index (χ0v) is 12.1. The van der Waals surface area contributed by atoms with Crippen LogP contribution in [0.5, 0.6) is 0 Å². The summed E-state index contributed by atoms with van der Waals surface area (Å²) in [6.07, 6.45) is 2.21. The number of nitrogens with one attached hydrogen (secondary N) is 1. The van der Waals surface area contributed by atoms with Crippen molar-refractivity contribution in [3.63, 3.8) is 0 Å². The van der Waals surface area contributed by atoms with Gasteiger partial charge in [0.1, 0.15) is 0 Å². The standard InChI is InChI=1S/C16H21N3O2/c20-15-11-18(14-6-2-1-3-7-14)12-16(21)19(15)10-13-5-4-8-17-9-13/h1-3,6-7,13,17H,4-5,8-12H2. The molecule has 2 heterocycles. The van der Waals surface area contributed by atoms with Crippen molar-refractivity contribution in [3.8, 4) is 0 Å². The normalized spacial score (nSPS) is 23.5. The largest absolute Gasteiger partial charge is 0.353 e. The van der Waals surface area contributed by atoms with Gasteiger partial charge >= 0.3 is 0 Å². The Balaban J connectivity index is 1.64. The number of rotatable bonds is 3. The van der Waals surface area contributed by atoms with Crippen molar-refractivity contribution < 1.29 is 9.59 Å². The van der Waals surface area contributed by atoms with Gasteiger partial charge in [0.25, 0.3) is 0 Å². The molecule has 0 spiro atoms. The van der Waals surface area contributed by atoms with Gasteiger partial charge in [0.05, 0.1) is 13.1 Å². The molecular weight excluding hydrogens is 266 g/mol. The number of hydrogen-bond acceptors (Lipinski definition) is 4. The third kappa shape index (κ3) is 3.24. The molecule has 5 heteroatoms. The summed E-state index contributed by atoms with van der Waals surface area (Å²) in [5.41, 5.74) is 0.929. The monoisotopic (exact) mass is 287 g/mol. The van der Waals surface area contributed by atoms with E-state index in [0.717, 1.165) is 31.6 Å². The van der Waals surface area contributed by atoms with E-state index in [1.807, 2.05) is 35.2 Å². The number of piperazine rings is 1. The second-order valence-corrected chi connectivity index (χ2v) is 5.80. The van der Waals surface area contributed by atoms with Gasteiger partial charge in [-0.1, -0.05) is 18.2 Å². The number of carbonyl (C=O) groups excluding carboxylic acids is 2. The Hall–Kier alpha value is -1.88. The fraction of sp³-hybridized carbons (Fsp3) is 0.500. The number of para-hydroxylation sites is 1. The SMILES string of the molecule is O=C1CN(c2ccccc2)CC(=O)N1CC1CCCNC1. The molecule has 112 valence electrons. The highest BCUT2D eigenvalue weighted by Crippen LogP contribution is 2.19. The van der Waals surface area contributed by atoms with Crippen LogP contribution < -0.4 is 10.2 Å². The highest BCUT2D eigenvalue weighted by atomic mass is 16.2. The molecule has 0 saturated carbocycles. The van der Waals surface area contributed by atoms with E-state index < -0.39 is 0 Å². The van der Waals surface area contributed by atoms with Gasteiger partial charge in [-0.3, -0.25) is 14.5 Å². The molecule has 2 aliphatic rings. The number of nitrogens with zero attached hydrogens (tertiary/aromatic N) is 2. The average Bonchev–Trinajstić information content (AvgIpc) is 2.52. The lowest BCUT2D eigenvalue weighted by atomic mass is 9.98. The molecule has 1 N–H and O–H groups in total. The van der Waals surface area contributed by atoms with Crippen molar-refractivity contribution in [1.29, 1.82) is 0 Å². The third-order valence-electron chi connectivity index (χ3n) is 4.22. The quantitative estimate of drug-likeness (QED) is 0.838. The summed E-state index contributed by atoms with van der Waals surface area (Å²) >= 11 is 0. The fourth-order valence-electron chi connectivity index (χ4n) is 3.06. The Morgan fingerprint density at radius 3 is 2.43 bits per heavy atom. The van der Waals surface area contributed by atoms with Crippen LogP contribution in [0.3, 0.4) is 0 Å². The molecule has 2 saturated heterocycles. The summed E-state index contributed by atoms with van der Waals surface area (Å²) in [5.74, 6) is 0.233. The summed E-state index contributed by atoms with van der Waals surface area (Å²) in [6.45, 7) is 3.08. The lowest BCUT2D eigenvalue weighted by Crippen LogP contribution is -2.56. The highest BCUT2D eigenvalue weighted by Gasteiger charge is 2.32. The molecule has 3 rings (SSSR count). The van der Waals surface area contributed by atoms with Gasteiger partial charge in [-0.2, -0.15) is 0 Å². The topological polar surface area (TPSA) is 52.7 Å². The van der Waals surface area contributed by atoms with Crippen LogP contribution in [-0.4, -0.2) is 49.4 Å². The van der Waals surface area contributed by atoms with Gasteiger partial charge in [0, 0.05) is 12.2 Å². The highest BCUT2D eigenvalue weighted by molar-refractivity contribution is 6.02. The first-order valence-corrected chi connectivity index (χ1v) is 7.58. The first-order valence-electron chi connectivity index (χ1n) is 7.58. The van der Waals surface area contributed by atoms with Crippen LogP contribution in [0.4, 0.5) is 5.69 Å². The molecule has 5 nitrogen and oxygen atoms in total. The number of hydrogen-bond donors (Lipinski definition) is 1. The van der Waals surface area contributed by atoms with Crippen LogP contribution >= 0.6 is 0 Å². The summed E-state index contributed by atoms with van der Waals surface area (Å²) < 4.78 is 0. The molecule has 2 aliphatic heterocycles. The van der Waals surface area contributed by atoms with Crippen LogP contribution in [0, 0.1) is 5.92 Å². The van der Waals surface area contributed by atoms with Crippen molar-refractivity contribution in [3.05, 3.63) is 30.3 Å². The van der Waals surface area contributed by atoms with Crippen molar-refractivity contribution in [2.45, 2.75) is 12.8 Å². The minimum absolute atomic E-state index is 0.0827. The second kappa shape index (κ2) is 6.26. The molecule has 21 heavy (non-hydrogen) atoms. The predicted molar refractivity (Wildman–Crippen MR) is 81.0 cm³/mol. The van der Waals surface area contributed by atoms with Crippen LogP contribution in [0.2, 0.25) is 0 Å². The molecule has 1 unspecified atom stereocenters. The van der Waals surface area contributed by atoms with E-state index in [2.05, 4.69) is 5.32 Å². The van der Waals surface area contributed by atoms with E-state index in [1.54, 1.807) is 0 Å². The van der Waals surface area contributed by atoms with Crippen molar-refractivity contribution in [2.75, 3.05) is 37.6 Å². The van der Waals surface area contributed by atoms with Crippen LogP contribution in [0.25, 0.3) is 0 Å². The Bertz CT molecular complexity index is 494. The fourth-order valence-corrected chi connectivity index (χ4v) is 3.06. The maximum atomic E-state index is 12.3. The van der Waals surface area contributed by atoms with Crippen LogP contribution in [0.15, 0.2) is 30.3 Å². The van der Waals surface area contributed by atoms with Crippen molar-refractivity contribution in [2.24, 2.45) is 5.92 Å². The second-order valence-electron chi connectivity index (χ2n) is 5.80. The summed E-state index contributed by atoms with van der Waals surface area (Å²) in [5, 5.41) is 3.33. The van der Waals surface area contributed by atoms with Crippen LogP contribution in [-0.2, 0) is 9.59 Å². The minimum atomic E-state index is -0.0827. The summed E-state index contributed by atoms with van der Waals surface area (Å²) in [6, 6.07) is 9.64. The summed E-state index contributed by atoms with van der Waals surface area (Å²) in [4.78, 5) is 27.9. The zero-order valence-electron chi connectivity index (χ0n) is 12.1. The maximum Gasteiger partial charge on any atom is 0.248 e. The van der Waals surface area contributed by atoms with E-state index >= 15 is 0 Å². The van der Waals surface area contributed by atoms with Crippen molar-refractivity contribution in [1.82, 2.24) is 10.2 Å². The van der Waals surface area contributed by atoms with E-state index in [0.29, 0.717) is 12.5 Å². The van der Waals surface area contributed by atoms with E-state index in [4.69, 9.17) is 0 Å². The van der Waals surface area contributed by atoms with E-state index in [9.17, 15) is 9.59 Å². The van der Waals surface area contributed by atoms with Crippen LogP contribution in [0.1, 0.15) is 12.8 Å². The van der Waals surface area contributed by atoms with Gasteiger partial charge in [0.15, 0.2) is 0 Å². The number of amides is 2. The van der Waals surface area contributed by atoms with Crippen molar-refractivity contribution >= 4 is 17.5 Å².